The molecule has 3 rings (SSSR count). The molecule has 12 heteroatoms. The molecule has 0 spiro atoms. The molecule has 1 N–H and O–H groups in total. The second kappa shape index (κ2) is 8.40. The monoisotopic (exact) mass is 427 g/mol. The highest BCUT2D eigenvalue weighted by Gasteiger charge is 2.21. The molecule has 0 radical (unpaired) electrons. The first-order chi connectivity index (χ1) is 13.4. The van der Waals surface area contributed by atoms with Crippen molar-refractivity contribution in [2.45, 2.75) is 13.5 Å². The molecule has 0 aromatic carbocycles. The van der Waals surface area contributed by atoms with E-state index < -0.39 is 12.5 Å². The van der Waals surface area contributed by atoms with Gasteiger partial charge in [-0.05, 0) is 30.4 Å². The van der Waals surface area contributed by atoms with Crippen LogP contribution in [0.3, 0.4) is 0 Å². The van der Waals surface area contributed by atoms with Crippen molar-refractivity contribution in [3.8, 4) is 22.1 Å². The van der Waals surface area contributed by atoms with Crippen molar-refractivity contribution in [1.29, 1.82) is 0 Å². The molecule has 28 heavy (non-hydrogen) atoms. The summed E-state index contributed by atoms with van der Waals surface area (Å²) in [6.45, 7) is -1.38. The van der Waals surface area contributed by atoms with Crippen LogP contribution in [-0.4, -0.2) is 39.8 Å². The molecule has 3 aromatic heterocycles. The Morgan fingerprint density at radius 1 is 1.21 bits per heavy atom. The first-order valence-electron chi connectivity index (χ1n) is 7.63. The number of pyridine rings is 2. The van der Waals surface area contributed by atoms with E-state index in [9.17, 15) is 13.6 Å². The average Bonchev–Trinajstić information content (AvgIpc) is 3.10. The van der Waals surface area contributed by atoms with E-state index in [0.29, 0.717) is 11.3 Å². The second-order valence-corrected chi connectivity index (χ2v) is 6.61. The van der Waals surface area contributed by atoms with Crippen molar-refractivity contribution in [2.75, 3.05) is 12.4 Å². The van der Waals surface area contributed by atoms with E-state index in [-0.39, 0.29) is 32.4 Å². The molecule has 0 bridgehead atoms. The van der Waals surface area contributed by atoms with E-state index in [1.807, 2.05) is 0 Å². The average molecular weight is 428 g/mol. The summed E-state index contributed by atoms with van der Waals surface area (Å²) in [5, 5.41) is 10.6. The molecule has 0 saturated heterocycles. The third kappa shape index (κ3) is 4.49. The van der Waals surface area contributed by atoms with Crippen LogP contribution in [0.25, 0.3) is 11.1 Å². The minimum Gasteiger partial charge on any atom is -0.472 e. The molecule has 0 fully saturated rings. The van der Waals surface area contributed by atoms with Gasteiger partial charge in [-0.3, -0.25) is 15.1 Å². The van der Waals surface area contributed by atoms with Crippen LogP contribution in [-0.2, 0) is 0 Å². The Balaban J connectivity index is 2.04. The second-order valence-electron chi connectivity index (χ2n) is 5.28. The zero-order valence-electron chi connectivity index (χ0n) is 14.4. The van der Waals surface area contributed by atoms with E-state index in [4.69, 9.17) is 16.3 Å². The third-order valence-corrected chi connectivity index (χ3v) is 4.43. The number of alkyl halides is 2. The van der Waals surface area contributed by atoms with E-state index in [2.05, 4.69) is 30.2 Å². The number of ether oxygens (including phenoxy) is 2. The lowest BCUT2D eigenvalue weighted by molar-refractivity contribution is -0.0496. The summed E-state index contributed by atoms with van der Waals surface area (Å²) in [5.41, 5.74) is 1.12. The van der Waals surface area contributed by atoms with Crippen LogP contribution in [0.15, 0.2) is 24.5 Å². The third-order valence-electron chi connectivity index (χ3n) is 3.43. The zero-order chi connectivity index (χ0) is 20.3. The van der Waals surface area contributed by atoms with Crippen molar-refractivity contribution in [3.63, 3.8) is 0 Å². The molecule has 0 aliphatic rings. The normalized spacial score (nSPS) is 10.8. The number of hydrogen-bond acceptors (Lipinski definition) is 8. The minimum atomic E-state index is -3.07. The number of carbonyl (C=O) groups is 1. The van der Waals surface area contributed by atoms with Crippen molar-refractivity contribution >= 4 is 34.0 Å². The van der Waals surface area contributed by atoms with E-state index in [1.54, 1.807) is 13.0 Å². The molecule has 146 valence electrons. The lowest BCUT2D eigenvalue weighted by atomic mass is 10.0. The van der Waals surface area contributed by atoms with Crippen molar-refractivity contribution in [2.24, 2.45) is 0 Å². The van der Waals surface area contributed by atoms with Gasteiger partial charge in [0.25, 0.3) is 11.1 Å². The maximum Gasteiger partial charge on any atom is 0.387 e. The molecule has 0 unspecified atom stereocenters. The van der Waals surface area contributed by atoms with Crippen molar-refractivity contribution in [1.82, 2.24) is 20.2 Å². The quantitative estimate of drug-likeness (QED) is 0.597. The SMILES string of the molecule is COc1nnc(NC(=O)c2cnc(C)cc2-c2cc(Cl)ncc2OC(F)F)s1. The summed E-state index contributed by atoms with van der Waals surface area (Å²) in [5.74, 6) is -0.797. The van der Waals surface area contributed by atoms with Crippen molar-refractivity contribution in [3.05, 3.63) is 40.9 Å². The predicted molar refractivity (Wildman–Crippen MR) is 98.3 cm³/mol. The summed E-state index contributed by atoms with van der Waals surface area (Å²) in [6.07, 6.45) is 2.38. The maximum atomic E-state index is 12.8. The van der Waals surface area contributed by atoms with Gasteiger partial charge in [0.05, 0.1) is 18.9 Å². The number of nitrogens with zero attached hydrogens (tertiary/aromatic N) is 4. The lowest BCUT2D eigenvalue weighted by Gasteiger charge is -2.14. The molecule has 1 amide bonds. The summed E-state index contributed by atoms with van der Waals surface area (Å²) in [7, 11) is 1.42. The van der Waals surface area contributed by atoms with Crippen LogP contribution in [0.5, 0.6) is 10.9 Å². The van der Waals surface area contributed by atoms with E-state index >= 15 is 0 Å². The molecular formula is C16H12ClF2N5O3S. The molecule has 0 saturated carbocycles. The number of carbonyl (C=O) groups excluding carboxylic acids is 1. The van der Waals surface area contributed by atoms with Gasteiger partial charge in [-0.1, -0.05) is 16.7 Å². The molecule has 8 nitrogen and oxygen atoms in total. The summed E-state index contributed by atoms with van der Waals surface area (Å²) >= 11 is 6.95. The zero-order valence-corrected chi connectivity index (χ0v) is 16.0. The number of anilines is 1. The summed E-state index contributed by atoms with van der Waals surface area (Å²) < 4.78 is 35.0. The van der Waals surface area contributed by atoms with E-state index in [1.165, 1.54) is 19.4 Å². The van der Waals surface area contributed by atoms with Gasteiger partial charge in [-0.15, -0.1) is 5.10 Å². The van der Waals surface area contributed by atoms with Gasteiger partial charge in [-0.2, -0.15) is 8.78 Å². The molecular weight excluding hydrogens is 416 g/mol. The van der Waals surface area contributed by atoms with Crippen molar-refractivity contribution < 1.29 is 23.0 Å². The van der Waals surface area contributed by atoms with Gasteiger partial charge in [-0.25, -0.2) is 4.98 Å². The highest BCUT2D eigenvalue weighted by Crippen LogP contribution is 2.35. The van der Waals surface area contributed by atoms with Gasteiger partial charge in [0.15, 0.2) is 5.75 Å². The molecule has 0 atom stereocenters. The highest BCUT2D eigenvalue weighted by atomic mass is 35.5. The Kier molecular flexibility index (Phi) is 5.95. The Morgan fingerprint density at radius 3 is 2.68 bits per heavy atom. The Hall–Kier alpha value is -2.92. The van der Waals surface area contributed by atoms with E-state index in [0.717, 1.165) is 17.5 Å². The van der Waals surface area contributed by atoms with Gasteiger partial charge < -0.3 is 9.47 Å². The number of halogens is 3. The smallest absolute Gasteiger partial charge is 0.387 e. The van der Waals surface area contributed by atoms with Gasteiger partial charge in [0, 0.05) is 23.0 Å². The van der Waals surface area contributed by atoms with Crippen LogP contribution >= 0.6 is 22.9 Å². The van der Waals surface area contributed by atoms with Gasteiger partial charge >= 0.3 is 6.61 Å². The Labute approximate surface area is 166 Å². The number of aromatic nitrogens is 4. The van der Waals surface area contributed by atoms with Crippen LogP contribution < -0.4 is 14.8 Å². The number of hydrogen-bond donors (Lipinski definition) is 1. The number of amides is 1. The molecule has 3 aromatic rings. The number of aryl methyl sites for hydroxylation is 1. The fraction of sp³-hybridized carbons (Fsp3) is 0.188. The Morgan fingerprint density at radius 2 is 2.00 bits per heavy atom. The minimum absolute atomic E-state index is 0.0475. The summed E-state index contributed by atoms with van der Waals surface area (Å²) in [6, 6.07) is 2.89. The number of methoxy groups -OCH3 is 1. The molecule has 0 aliphatic heterocycles. The lowest BCUT2D eigenvalue weighted by Crippen LogP contribution is -2.14. The van der Waals surface area contributed by atoms with Gasteiger partial charge in [0.2, 0.25) is 5.13 Å². The predicted octanol–water partition coefficient (Wildman–Crippen LogP) is 3.82. The van der Waals surface area contributed by atoms with Crippen LogP contribution in [0.2, 0.25) is 5.15 Å². The molecule has 3 heterocycles. The van der Waals surface area contributed by atoms with Crippen LogP contribution in [0.4, 0.5) is 13.9 Å². The fourth-order valence-corrected chi connectivity index (χ4v) is 3.00. The van der Waals surface area contributed by atoms with Gasteiger partial charge in [0.1, 0.15) is 5.15 Å². The standard InChI is InChI=1S/C16H12ClF2N5O3S/c1-7-3-8(9-4-12(17)21-6-11(9)27-14(18)19)10(5-20-7)13(25)22-15-23-24-16(26-2)28-15/h3-6,14H,1-2H3,(H,22,23,25). The van der Waals surface area contributed by atoms with Crippen LogP contribution in [0, 0.1) is 6.92 Å². The number of nitrogens with one attached hydrogen (secondary N) is 1. The Bertz CT molecular complexity index is 1020. The van der Waals surface area contributed by atoms with Crippen LogP contribution in [0.1, 0.15) is 16.1 Å². The fourth-order valence-electron chi connectivity index (χ4n) is 2.29. The highest BCUT2D eigenvalue weighted by molar-refractivity contribution is 7.17. The molecule has 0 aliphatic carbocycles. The largest absolute Gasteiger partial charge is 0.472 e. The number of rotatable bonds is 6. The maximum absolute atomic E-state index is 12.8. The first-order valence-corrected chi connectivity index (χ1v) is 8.83. The first kappa shape index (κ1) is 19.8. The summed E-state index contributed by atoms with van der Waals surface area (Å²) in [4.78, 5) is 20.6. The topological polar surface area (TPSA) is 99.1 Å².